The second-order valence-electron chi connectivity index (χ2n) is 4.74. The second kappa shape index (κ2) is 5.66. The van der Waals surface area contributed by atoms with E-state index < -0.39 is 0 Å². The standard InChI is InChI=1S/C16H15N3O2/c1-11-5-7-12(8-6-11)16-18-15(19-21-16)10-20-14-4-2-3-13(17)9-14/h2-9H,10,17H2,1H3. The summed E-state index contributed by atoms with van der Waals surface area (Å²) in [4.78, 5) is 4.31. The van der Waals surface area contributed by atoms with Gasteiger partial charge in [0.2, 0.25) is 5.82 Å². The van der Waals surface area contributed by atoms with Crippen molar-refractivity contribution < 1.29 is 9.26 Å². The molecule has 0 amide bonds. The molecule has 0 radical (unpaired) electrons. The topological polar surface area (TPSA) is 74.2 Å². The molecular formula is C16H15N3O2. The molecule has 5 heteroatoms. The van der Waals surface area contributed by atoms with E-state index in [4.69, 9.17) is 15.0 Å². The summed E-state index contributed by atoms with van der Waals surface area (Å²) in [7, 11) is 0. The Morgan fingerprint density at radius 2 is 1.95 bits per heavy atom. The smallest absolute Gasteiger partial charge is 0.258 e. The maximum Gasteiger partial charge on any atom is 0.258 e. The van der Waals surface area contributed by atoms with Crippen LogP contribution >= 0.6 is 0 Å². The monoisotopic (exact) mass is 281 g/mol. The summed E-state index contributed by atoms with van der Waals surface area (Å²) < 4.78 is 10.8. The first-order chi connectivity index (χ1) is 10.2. The van der Waals surface area contributed by atoms with Crippen molar-refractivity contribution in [3.63, 3.8) is 0 Å². The quantitative estimate of drug-likeness (QED) is 0.743. The molecule has 3 rings (SSSR count). The first kappa shape index (κ1) is 13.2. The van der Waals surface area contributed by atoms with Gasteiger partial charge in [-0.15, -0.1) is 0 Å². The third-order valence-electron chi connectivity index (χ3n) is 2.99. The van der Waals surface area contributed by atoms with E-state index in [1.54, 1.807) is 12.1 Å². The molecule has 0 unspecified atom stereocenters. The molecule has 3 aromatic rings. The van der Waals surface area contributed by atoms with Crippen molar-refractivity contribution in [1.29, 1.82) is 0 Å². The molecule has 0 atom stereocenters. The molecule has 0 aliphatic heterocycles. The number of hydrogen-bond donors (Lipinski definition) is 1. The van der Waals surface area contributed by atoms with Crippen molar-refractivity contribution in [2.45, 2.75) is 13.5 Å². The van der Waals surface area contributed by atoms with Gasteiger partial charge < -0.3 is 15.0 Å². The molecule has 0 fully saturated rings. The van der Waals surface area contributed by atoms with Crippen molar-refractivity contribution in [2.75, 3.05) is 5.73 Å². The van der Waals surface area contributed by atoms with Gasteiger partial charge in [0.05, 0.1) is 0 Å². The van der Waals surface area contributed by atoms with E-state index in [1.165, 1.54) is 5.56 Å². The zero-order valence-electron chi connectivity index (χ0n) is 11.6. The van der Waals surface area contributed by atoms with Crippen LogP contribution < -0.4 is 10.5 Å². The van der Waals surface area contributed by atoms with Gasteiger partial charge in [0.1, 0.15) is 5.75 Å². The predicted molar refractivity (Wildman–Crippen MR) is 79.7 cm³/mol. The SMILES string of the molecule is Cc1ccc(-c2nc(COc3cccc(N)c3)no2)cc1. The number of hydrogen-bond acceptors (Lipinski definition) is 5. The lowest BCUT2D eigenvalue weighted by atomic mass is 10.1. The van der Waals surface area contributed by atoms with Crippen molar-refractivity contribution in [3.8, 4) is 17.2 Å². The van der Waals surface area contributed by atoms with Gasteiger partial charge in [-0.2, -0.15) is 4.98 Å². The zero-order chi connectivity index (χ0) is 14.7. The Morgan fingerprint density at radius 1 is 1.14 bits per heavy atom. The molecule has 106 valence electrons. The van der Waals surface area contributed by atoms with Crippen LogP contribution in [0.1, 0.15) is 11.4 Å². The highest BCUT2D eigenvalue weighted by Crippen LogP contribution is 2.19. The first-order valence-electron chi connectivity index (χ1n) is 6.59. The minimum absolute atomic E-state index is 0.235. The maximum atomic E-state index is 5.69. The summed E-state index contributed by atoms with van der Waals surface area (Å²) in [5.74, 6) is 1.66. The van der Waals surface area contributed by atoms with E-state index >= 15 is 0 Å². The van der Waals surface area contributed by atoms with Crippen LogP contribution in [0.15, 0.2) is 53.1 Å². The molecule has 2 N–H and O–H groups in total. The van der Waals surface area contributed by atoms with Crippen LogP contribution in [0.3, 0.4) is 0 Å². The minimum atomic E-state index is 0.235. The number of nitrogens with two attached hydrogens (primary N) is 1. The number of aromatic nitrogens is 2. The first-order valence-corrected chi connectivity index (χ1v) is 6.59. The van der Waals surface area contributed by atoms with Crippen molar-refractivity contribution in [3.05, 3.63) is 59.9 Å². The Kier molecular flexibility index (Phi) is 3.55. The Morgan fingerprint density at radius 3 is 2.71 bits per heavy atom. The summed E-state index contributed by atoms with van der Waals surface area (Å²) in [5, 5.41) is 3.91. The molecule has 0 saturated heterocycles. The van der Waals surface area contributed by atoms with E-state index in [1.807, 2.05) is 43.3 Å². The molecule has 1 aromatic heterocycles. The zero-order valence-corrected chi connectivity index (χ0v) is 11.6. The van der Waals surface area contributed by atoms with Crippen molar-refractivity contribution in [1.82, 2.24) is 10.1 Å². The van der Waals surface area contributed by atoms with Gasteiger partial charge in [0, 0.05) is 17.3 Å². The molecule has 0 saturated carbocycles. The highest BCUT2D eigenvalue weighted by atomic mass is 16.5. The van der Waals surface area contributed by atoms with Crippen LogP contribution in [0, 0.1) is 6.92 Å². The lowest BCUT2D eigenvalue weighted by Gasteiger charge is -2.03. The molecule has 21 heavy (non-hydrogen) atoms. The summed E-state index contributed by atoms with van der Waals surface area (Å²) in [6.45, 7) is 2.27. The minimum Gasteiger partial charge on any atom is -0.485 e. The Bertz CT molecular complexity index is 735. The normalized spacial score (nSPS) is 10.5. The average Bonchev–Trinajstić information content (AvgIpc) is 2.95. The second-order valence-corrected chi connectivity index (χ2v) is 4.74. The molecular weight excluding hydrogens is 266 g/mol. The number of benzene rings is 2. The van der Waals surface area contributed by atoms with Gasteiger partial charge in [0.15, 0.2) is 6.61 Å². The molecule has 1 heterocycles. The van der Waals surface area contributed by atoms with Crippen LogP contribution in [0.4, 0.5) is 5.69 Å². The van der Waals surface area contributed by atoms with Gasteiger partial charge in [-0.1, -0.05) is 28.9 Å². The van der Waals surface area contributed by atoms with Crippen molar-refractivity contribution >= 4 is 5.69 Å². The Hall–Kier alpha value is -2.82. The third kappa shape index (κ3) is 3.20. The summed E-state index contributed by atoms with van der Waals surface area (Å²) in [6, 6.07) is 15.1. The fraction of sp³-hybridized carbons (Fsp3) is 0.125. The van der Waals surface area contributed by atoms with Crippen LogP contribution in [0.2, 0.25) is 0 Å². The van der Waals surface area contributed by atoms with Gasteiger partial charge in [0.25, 0.3) is 5.89 Å². The van der Waals surface area contributed by atoms with Crippen LogP contribution in [0.25, 0.3) is 11.5 Å². The van der Waals surface area contributed by atoms with Crippen LogP contribution in [-0.2, 0) is 6.61 Å². The number of ether oxygens (including phenoxy) is 1. The number of aryl methyl sites for hydroxylation is 1. The van der Waals surface area contributed by atoms with E-state index in [0.717, 1.165) is 5.56 Å². The average molecular weight is 281 g/mol. The van der Waals surface area contributed by atoms with Gasteiger partial charge in [-0.3, -0.25) is 0 Å². The molecule has 0 spiro atoms. The lowest BCUT2D eigenvalue weighted by molar-refractivity contribution is 0.287. The highest BCUT2D eigenvalue weighted by Gasteiger charge is 2.09. The number of nitrogen functional groups attached to an aromatic ring is 1. The summed E-state index contributed by atoms with van der Waals surface area (Å²) in [6.07, 6.45) is 0. The molecule has 0 aliphatic rings. The fourth-order valence-corrected chi connectivity index (χ4v) is 1.88. The van der Waals surface area contributed by atoms with Gasteiger partial charge in [-0.25, -0.2) is 0 Å². The molecule has 2 aromatic carbocycles. The molecule has 0 bridgehead atoms. The van der Waals surface area contributed by atoms with Crippen molar-refractivity contribution in [2.24, 2.45) is 0 Å². The Labute approximate surface area is 122 Å². The Balaban J connectivity index is 1.69. The van der Waals surface area contributed by atoms with E-state index in [0.29, 0.717) is 23.2 Å². The van der Waals surface area contributed by atoms with E-state index in [9.17, 15) is 0 Å². The van der Waals surface area contributed by atoms with Crippen LogP contribution in [-0.4, -0.2) is 10.1 Å². The molecule has 5 nitrogen and oxygen atoms in total. The lowest BCUT2D eigenvalue weighted by Crippen LogP contribution is -1.98. The largest absolute Gasteiger partial charge is 0.485 e. The maximum absolute atomic E-state index is 5.69. The van der Waals surface area contributed by atoms with Gasteiger partial charge >= 0.3 is 0 Å². The predicted octanol–water partition coefficient (Wildman–Crippen LogP) is 3.21. The van der Waals surface area contributed by atoms with Gasteiger partial charge in [-0.05, 0) is 31.2 Å². The number of anilines is 1. The molecule has 0 aliphatic carbocycles. The van der Waals surface area contributed by atoms with E-state index in [-0.39, 0.29) is 6.61 Å². The number of nitrogens with zero attached hydrogens (tertiary/aromatic N) is 2. The summed E-state index contributed by atoms with van der Waals surface area (Å²) in [5.41, 5.74) is 8.42. The van der Waals surface area contributed by atoms with Crippen LogP contribution in [0.5, 0.6) is 5.75 Å². The van der Waals surface area contributed by atoms with E-state index in [2.05, 4.69) is 10.1 Å². The summed E-state index contributed by atoms with van der Waals surface area (Å²) >= 11 is 0. The third-order valence-corrected chi connectivity index (χ3v) is 2.99. The number of rotatable bonds is 4. The fourth-order valence-electron chi connectivity index (χ4n) is 1.88. The highest BCUT2D eigenvalue weighted by molar-refractivity contribution is 5.53.